The van der Waals surface area contributed by atoms with Crippen LogP contribution in [0.1, 0.15) is 52.5 Å². The van der Waals surface area contributed by atoms with Crippen LogP contribution >= 0.6 is 0 Å². The average molecular weight is 336 g/mol. The number of ether oxygens (including phenoxy) is 2. The van der Waals surface area contributed by atoms with Gasteiger partial charge in [0.25, 0.3) is 0 Å². The fourth-order valence-corrected chi connectivity index (χ4v) is 2.91. The minimum Gasteiger partial charge on any atom is -0.465 e. The van der Waals surface area contributed by atoms with Gasteiger partial charge in [0, 0.05) is 17.4 Å². The van der Waals surface area contributed by atoms with Crippen LogP contribution in [0.4, 0.5) is 4.39 Å². The summed E-state index contributed by atoms with van der Waals surface area (Å²) >= 11 is 0. The van der Waals surface area contributed by atoms with Crippen LogP contribution < -0.4 is 10.2 Å². The molecule has 2 heterocycles. The van der Waals surface area contributed by atoms with E-state index in [1.807, 2.05) is 27.7 Å². The van der Waals surface area contributed by atoms with E-state index in [4.69, 9.17) is 18.8 Å². The van der Waals surface area contributed by atoms with Crippen LogP contribution in [0.25, 0.3) is 0 Å². The van der Waals surface area contributed by atoms with Gasteiger partial charge in [-0.3, -0.25) is 0 Å². The molecular formula is C18H26BFO4. The summed E-state index contributed by atoms with van der Waals surface area (Å²) < 4.78 is 38.2. The Bertz CT molecular complexity index is 595. The topological polar surface area (TPSA) is 36.9 Å². The smallest absolute Gasteiger partial charge is 0.465 e. The summed E-state index contributed by atoms with van der Waals surface area (Å²) in [5, 5.41) is 0. The quantitative estimate of drug-likeness (QED) is 0.794. The lowest BCUT2D eigenvalue weighted by molar-refractivity contribution is -0.106. The highest BCUT2D eigenvalue weighted by molar-refractivity contribution is 6.62. The van der Waals surface area contributed by atoms with Crippen molar-refractivity contribution in [3.63, 3.8) is 0 Å². The van der Waals surface area contributed by atoms with Crippen LogP contribution in [-0.2, 0) is 14.0 Å². The summed E-state index contributed by atoms with van der Waals surface area (Å²) in [7, 11) is -0.714. The highest BCUT2D eigenvalue weighted by Gasteiger charge is 2.52. The van der Waals surface area contributed by atoms with Gasteiger partial charge in [0.15, 0.2) is 6.29 Å². The molecule has 4 nitrogen and oxygen atoms in total. The lowest BCUT2D eigenvalue weighted by Crippen LogP contribution is -2.41. The molecule has 2 saturated heterocycles. The third-order valence-corrected chi connectivity index (χ3v) is 5.27. The standard InChI is InChI=1S/C18H26BFO4/c1-12-14(22-15-8-6-7-11-21-15)10-9-13(16(12)20)19-23-17(2,3)18(4,5)24-19/h9-10,15H,6-8,11H2,1-5H3/t15-/m1/s1. The molecule has 0 N–H and O–H groups in total. The summed E-state index contributed by atoms with van der Waals surface area (Å²) in [5.41, 5.74) is -0.133. The van der Waals surface area contributed by atoms with Crippen LogP contribution in [0, 0.1) is 12.7 Å². The predicted octanol–water partition coefficient (Wildman–Crippen LogP) is 3.34. The van der Waals surface area contributed by atoms with E-state index in [0.29, 0.717) is 23.4 Å². The fraction of sp³-hybridized carbons (Fsp3) is 0.667. The molecule has 2 aliphatic heterocycles. The van der Waals surface area contributed by atoms with Gasteiger partial charge in [-0.05, 0) is 53.5 Å². The van der Waals surface area contributed by atoms with Gasteiger partial charge in [-0.2, -0.15) is 0 Å². The van der Waals surface area contributed by atoms with E-state index in [9.17, 15) is 4.39 Å². The van der Waals surface area contributed by atoms with Crippen LogP contribution in [0.2, 0.25) is 0 Å². The molecule has 1 aromatic rings. The van der Waals surface area contributed by atoms with E-state index in [1.165, 1.54) is 0 Å². The van der Waals surface area contributed by atoms with E-state index < -0.39 is 18.3 Å². The molecule has 0 bridgehead atoms. The third kappa shape index (κ3) is 3.19. The number of benzene rings is 1. The Morgan fingerprint density at radius 1 is 1.12 bits per heavy atom. The molecule has 0 amide bonds. The van der Waals surface area contributed by atoms with Gasteiger partial charge >= 0.3 is 7.12 Å². The molecule has 0 unspecified atom stereocenters. The molecule has 2 aliphatic rings. The van der Waals surface area contributed by atoms with Gasteiger partial charge in [0.05, 0.1) is 17.8 Å². The molecule has 0 radical (unpaired) electrons. The van der Waals surface area contributed by atoms with Crippen molar-refractivity contribution < 1.29 is 23.2 Å². The van der Waals surface area contributed by atoms with Crippen molar-refractivity contribution in [3.8, 4) is 5.75 Å². The lowest BCUT2D eigenvalue weighted by Gasteiger charge is -2.32. The second-order valence-electron chi connectivity index (χ2n) is 7.59. The van der Waals surface area contributed by atoms with Crippen molar-refractivity contribution in [1.29, 1.82) is 0 Å². The Labute approximate surface area is 143 Å². The Hall–Kier alpha value is -1.11. The second kappa shape index (κ2) is 6.32. The molecule has 0 spiro atoms. The molecule has 1 atom stereocenters. The minimum atomic E-state index is -0.714. The van der Waals surface area contributed by atoms with E-state index in [2.05, 4.69) is 0 Å². The normalized spacial score (nSPS) is 25.8. The maximum Gasteiger partial charge on any atom is 0.497 e. The summed E-state index contributed by atoms with van der Waals surface area (Å²) in [6.07, 6.45) is 2.66. The van der Waals surface area contributed by atoms with Crippen LogP contribution in [0.15, 0.2) is 12.1 Å². The van der Waals surface area contributed by atoms with E-state index >= 15 is 0 Å². The molecule has 6 heteroatoms. The van der Waals surface area contributed by atoms with Crippen LogP contribution in [0.3, 0.4) is 0 Å². The molecule has 0 saturated carbocycles. The molecule has 2 fully saturated rings. The summed E-state index contributed by atoms with van der Waals surface area (Å²) in [6, 6.07) is 3.46. The van der Waals surface area contributed by atoms with Gasteiger partial charge < -0.3 is 18.8 Å². The average Bonchev–Trinajstić information content (AvgIpc) is 2.73. The van der Waals surface area contributed by atoms with Crippen molar-refractivity contribution in [2.24, 2.45) is 0 Å². The molecule has 3 rings (SSSR count). The number of halogens is 1. The van der Waals surface area contributed by atoms with Crippen molar-refractivity contribution in [3.05, 3.63) is 23.5 Å². The lowest BCUT2D eigenvalue weighted by atomic mass is 9.77. The SMILES string of the molecule is Cc1c(O[C@@H]2CCCCO2)ccc(B2OC(C)(C)C(C)(C)O2)c1F. The van der Waals surface area contributed by atoms with Crippen molar-refractivity contribution >= 4 is 12.6 Å². The van der Waals surface area contributed by atoms with Gasteiger partial charge in [0.1, 0.15) is 11.6 Å². The van der Waals surface area contributed by atoms with Crippen LogP contribution in [-0.4, -0.2) is 31.2 Å². The first-order chi connectivity index (χ1) is 11.2. The van der Waals surface area contributed by atoms with Gasteiger partial charge in [-0.1, -0.05) is 6.07 Å². The third-order valence-electron chi connectivity index (χ3n) is 5.27. The first-order valence-electron chi connectivity index (χ1n) is 8.64. The maximum absolute atomic E-state index is 14.9. The Morgan fingerprint density at radius 2 is 1.79 bits per heavy atom. The van der Waals surface area contributed by atoms with E-state index in [0.717, 1.165) is 19.3 Å². The fourth-order valence-electron chi connectivity index (χ4n) is 2.91. The number of hydrogen-bond acceptors (Lipinski definition) is 4. The molecule has 1 aromatic carbocycles. The molecule has 0 aliphatic carbocycles. The van der Waals surface area contributed by atoms with Crippen molar-refractivity contribution in [1.82, 2.24) is 0 Å². The Morgan fingerprint density at radius 3 is 2.38 bits per heavy atom. The minimum absolute atomic E-state index is 0.292. The number of hydrogen-bond donors (Lipinski definition) is 0. The highest BCUT2D eigenvalue weighted by atomic mass is 19.1. The zero-order valence-corrected chi connectivity index (χ0v) is 15.1. The molecule has 24 heavy (non-hydrogen) atoms. The highest BCUT2D eigenvalue weighted by Crippen LogP contribution is 2.37. The van der Waals surface area contributed by atoms with Gasteiger partial charge in [0.2, 0.25) is 0 Å². The zero-order chi connectivity index (χ0) is 17.5. The monoisotopic (exact) mass is 336 g/mol. The first-order valence-corrected chi connectivity index (χ1v) is 8.64. The predicted molar refractivity (Wildman–Crippen MR) is 91.1 cm³/mol. The van der Waals surface area contributed by atoms with E-state index in [1.54, 1.807) is 19.1 Å². The number of rotatable bonds is 3. The summed E-state index contributed by atoms with van der Waals surface area (Å²) in [4.78, 5) is 0. The van der Waals surface area contributed by atoms with Gasteiger partial charge in [-0.25, -0.2) is 4.39 Å². The molecule has 132 valence electrons. The first kappa shape index (κ1) is 17.7. The maximum atomic E-state index is 14.9. The van der Waals surface area contributed by atoms with Crippen LogP contribution in [0.5, 0.6) is 5.75 Å². The summed E-state index contributed by atoms with van der Waals surface area (Å²) in [6.45, 7) is 10.2. The molecular weight excluding hydrogens is 310 g/mol. The molecule has 0 aromatic heterocycles. The Balaban J connectivity index is 1.80. The van der Waals surface area contributed by atoms with E-state index in [-0.39, 0.29) is 12.1 Å². The van der Waals surface area contributed by atoms with Crippen molar-refractivity contribution in [2.45, 2.75) is 71.4 Å². The van der Waals surface area contributed by atoms with Gasteiger partial charge in [-0.15, -0.1) is 0 Å². The zero-order valence-electron chi connectivity index (χ0n) is 15.1. The van der Waals surface area contributed by atoms with Crippen molar-refractivity contribution in [2.75, 3.05) is 6.61 Å². The summed E-state index contributed by atoms with van der Waals surface area (Å²) in [5.74, 6) is 0.168. The largest absolute Gasteiger partial charge is 0.497 e. The second-order valence-corrected chi connectivity index (χ2v) is 7.59. The Kier molecular flexibility index (Phi) is 4.66.